The van der Waals surface area contributed by atoms with Crippen LogP contribution in [0.4, 0.5) is 0 Å². The Morgan fingerprint density at radius 1 is 1.31 bits per heavy atom. The number of carbonyl (C=O) groups excluding carboxylic acids is 1. The van der Waals surface area contributed by atoms with Gasteiger partial charge in [0.05, 0.1) is 11.5 Å². The number of hydrogen-bond acceptors (Lipinski definition) is 4. The molecule has 0 N–H and O–H groups in total. The number of amides is 1. The van der Waals surface area contributed by atoms with E-state index in [9.17, 15) is 13.2 Å². The van der Waals surface area contributed by atoms with Gasteiger partial charge in [0.1, 0.15) is 0 Å². The molecular weight excluding hydrogens is 352 g/mol. The van der Waals surface area contributed by atoms with Gasteiger partial charge in [-0.25, -0.2) is 8.42 Å². The molecule has 0 saturated carbocycles. The second-order valence-corrected chi connectivity index (χ2v) is 9.37. The number of nitrogens with zero attached hydrogens (tertiary/aromatic N) is 2. The summed E-state index contributed by atoms with van der Waals surface area (Å²) in [6.45, 7) is 6.25. The third-order valence-electron chi connectivity index (χ3n) is 5.94. The van der Waals surface area contributed by atoms with Crippen LogP contribution < -0.4 is 0 Å². The van der Waals surface area contributed by atoms with Gasteiger partial charge in [-0.05, 0) is 30.4 Å². The maximum absolute atomic E-state index is 13.2. The van der Waals surface area contributed by atoms with Gasteiger partial charge in [0.15, 0.2) is 0 Å². The summed E-state index contributed by atoms with van der Waals surface area (Å²) in [4.78, 5) is 14.1. The topological polar surface area (TPSA) is 66.9 Å². The number of likely N-dealkylation sites (tertiary alicyclic amines) is 1. The Balaban J connectivity index is 1.88. The van der Waals surface area contributed by atoms with Crippen LogP contribution in [0.5, 0.6) is 0 Å². The van der Waals surface area contributed by atoms with Gasteiger partial charge in [-0.15, -0.1) is 0 Å². The molecular formula is C19H28N2O4S. The first-order valence-corrected chi connectivity index (χ1v) is 10.6. The van der Waals surface area contributed by atoms with E-state index in [1.165, 1.54) is 0 Å². The molecule has 1 amide bonds. The lowest BCUT2D eigenvalue weighted by molar-refractivity contribution is -0.128. The molecule has 1 aromatic rings. The second kappa shape index (κ2) is 7.29. The van der Waals surface area contributed by atoms with Crippen molar-refractivity contribution in [1.82, 2.24) is 9.21 Å². The predicted molar refractivity (Wildman–Crippen MR) is 99.2 cm³/mol. The quantitative estimate of drug-likeness (QED) is 0.781. The van der Waals surface area contributed by atoms with Gasteiger partial charge in [-0.1, -0.05) is 25.1 Å². The van der Waals surface area contributed by atoms with Crippen molar-refractivity contribution in [3.63, 3.8) is 0 Å². The van der Waals surface area contributed by atoms with Crippen molar-refractivity contribution in [3.05, 3.63) is 29.8 Å². The van der Waals surface area contributed by atoms with Crippen molar-refractivity contribution < 1.29 is 17.9 Å². The van der Waals surface area contributed by atoms with Gasteiger partial charge in [-0.3, -0.25) is 4.79 Å². The van der Waals surface area contributed by atoms with Crippen molar-refractivity contribution >= 4 is 15.9 Å². The van der Waals surface area contributed by atoms with Crippen molar-refractivity contribution in [2.24, 2.45) is 11.3 Å². The van der Waals surface area contributed by atoms with Crippen LogP contribution in [0.2, 0.25) is 0 Å². The van der Waals surface area contributed by atoms with Crippen LogP contribution in [-0.4, -0.2) is 63.4 Å². The first kappa shape index (κ1) is 19.3. The number of carbonyl (C=O) groups is 1. The molecule has 144 valence electrons. The molecule has 0 aliphatic carbocycles. The maximum Gasteiger partial charge on any atom is 0.243 e. The summed E-state index contributed by atoms with van der Waals surface area (Å²) in [7, 11) is -1.86. The number of methoxy groups -OCH3 is 1. The summed E-state index contributed by atoms with van der Waals surface area (Å²) in [5.41, 5.74) is 0.703. The summed E-state index contributed by atoms with van der Waals surface area (Å²) in [6.07, 6.45) is 1.39. The number of fused-ring (bicyclic) bond motifs is 1. The Labute approximate surface area is 156 Å². The number of hydrogen-bond donors (Lipinski definition) is 0. The Hall–Kier alpha value is -1.44. The van der Waals surface area contributed by atoms with Crippen LogP contribution in [0.15, 0.2) is 29.2 Å². The van der Waals surface area contributed by atoms with E-state index in [1.807, 2.05) is 24.0 Å². The number of sulfonamides is 1. The normalized spacial score (nSPS) is 26.7. The van der Waals surface area contributed by atoms with Gasteiger partial charge < -0.3 is 9.64 Å². The third kappa shape index (κ3) is 3.28. The summed E-state index contributed by atoms with van der Waals surface area (Å²) in [5, 5.41) is 0. The van der Waals surface area contributed by atoms with Gasteiger partial charge in [0, 0.05) is 45.6 Å². The van der Waals surface area contributed by atoms with Crippen LogP contribution >= 0.6 is 0 Å². The van der Waals surface area contributed by atoms with Crippen LogP contribution in [0, 0.1) is 11.3 Å². The molecule has 2 atom stereocenters. The number of ether oxygens (including phenoxy) is 1. The van der Waals surface area contributed by atoms with E-state index >= 15 is 0 Å². The standard InChI is InChI=1S/C19H28N2O4S/c1-4-16-7-5-6-8-18(16)26(23,24)21-10-9-19(14-25-3)13-20(15(2)22)11-17(19)12-21/h5-8,17H,4,9-14H2,1-3H3. The van der Waals surface area contributed by atoms with Crippen LogP contribution in [-0.2, 0) is 26.0 Å². The lowest BCUT2D eigenvalue weighted by Gasteiger charge is -2.42. The molecule has 2 unspecified atom stereocenters. The average Bonchev–Trinajstić information content (AvgIpc) is 3.00. The molecule has 2 aliphatic heterocycles. The highest BCUT2D eigenvalue weighted by Crippen LogP contribution is 2.44. The molecule has 2 heterocycles. The second-order valence-electron chi connectivity index (χ2n) is 7.47. The first-order valence-electron chi connectivity index (χ1n) is 9.16. The van der Waals surface area contributed by atoms with E-state index in [0.29, 0.717) is 50.5 Å². The maximum atomic E-state index is 13.2. The van der Waals surface area contributed by atoms with E-state index in [-0.39, 0.29) is 17.2 Å². The number of benzene rings is 1. The fraction of sp³-hybridized carbons (Fsp3) is 0.632. The van der Waals surface area contributed by atoms with E-state index in [2.05, 4.69) is 0 Å². The Kier molecular flexibility index (Phi) is 5.42. The minimum atomic E-state index is -3.53. The number of piperidine rings is 1. The molecule has 0 aromatic heterocycles. The highest BCUT2D eigenvalue weighted by Gasteiger charge is 2.52. The lowest BCUT2D eigenvalue weighted by atomic mass is 9.74. The van der Waals surface area contributed by atoms with Gasteiger partial charge in [-0.2, -0.15) is 4.31 Å². The smallest absolute Gasteiger partial charge is 0.243 e. The van der Waals surface area contributed by atoms with Gasteiger partial charge in [0.25, 0.3) is 0 Å². The lowest BCUT2D eigenvalue weighted by Crippen LogP contribution is -2.50. The van der Waals surface area contributed by atoms with E-state index in [1.54, 1.807) is 30.5 Å². The zero-order chi connectivity index (χ0) is 18.9. The van der Waals surface area contributed by atoms with E-state index < -0.39 is 10.0 Å². The highest BCUT2D eigenvalue weighted by atomic mass is 32.2. The van der Waals surface area contributed by atoms with Crippen molar-refractivity contribution in [2.75, 3.05) is 39.9 Å². The minimum Gasteiger partial charge on any atom is -0.384 e. The zero-order valence-corrected chi connectivity index (χ0v) is 16.6. The van der Waals surface area contributed by atoms with Crippen LogP contribution in [0.3, 0.4) is 0 Å². The molecule has 6 nitrogen and oxygen atoms in total. The van der Waals surface area contributed by atoms with Crippen molar-refractivity contribution in [3.8, 4) is 0 Å². The van der Waals surface area contributed by atoms with Gasteiger partial charge in [0.2, 0.25) is 15.9 Å². The molecule has 2 fully saturated rings. The zero-order valence-electron chi connectivity index (χ0n) is 15.8. The Morgan fingerprint density at radius 2 is 2.04 bits per heavy atom. The number of rotatable bonds is 5. The third-order valence-corrected chi connectivity index (χ3v) is 7.91. The van der Waals surface area contributed by atoms with E-state index in [4.69, 9.17) is 4.74 Å². The molecule has 1 aromatic carbocycles. The van der Waals surface area contributed by atoms with Gasteiger partial charge >= 0.3 is 0 Å². The Bertz CT molecular complexity index is 779. The van der Waals surface area contributed by atoms with Crippen molar-refractivity contribution in [2.45, 2.75) is 31.6 Å². The Morgan fingerprint density at radius 3 is 2.69 bits per heavy atom. The SMILES string of the molecule is CCc1ccccc1S(=O)(=O)N1CCC2(COC)CN(C(C)=O)CC2C1. The molecule has 2 aliphatic rings. The van der Waals surface area contributed by atoms with Crippen molar-refractivity contribution in [1.29, 1.82) is 0 Å². The summed E-state index contributed by atoms with van der Waals surface area (Å²) in [5.74, 6) is 0.143. The summed E-state index contributed by atoms with van der Waals surface area (Å²) < 4.78 is 33.5. The molecule has 0 bridgehead atoms. The fourth-order valence-corrected chi connectivity index (χ4v) is 6.20. The summed E-state index contributed by atoms with van der Waals surface area (Å²) >= 11 is 0. The predicted octanol–water partition coefficient (Wildman–Crippen LogP) is 1.75. The average molecular weight is 381 g/mol. The van der Waals surface area contributed by atoms with Crippen LogP contribution in [0.1, 0.15) is 25.8 Å². The molecule has 0 spiro atoms. The molecule has 3 rings (SSSR count). The largest absolute Gasteiger partial charge is 0.384 e. The minimum absolute atomic E-state index is 0.0422. The van der Waals surface area contributed by atoms with Crippen LogP contribution in [0.25, 0.3) is 0 Å². The molecule has 0 radical (unpaired) electrons. The summed E-state index contributed by atoms with van der Waals surface area (Å²) in [6, 6.07) is 7.22. The molecule has 7 heteroatoms. The highest BCUT2D eigenvalue weighted by molar-refractivity contribution is 7.89. The fourth-order valence-electron chi connectivity index (χ4n) is 4.42. The molecule has 26 heavy (non-hydrogen) atoms. The first-order chi connectivity index (χ1) is 12.3. The molecule has 2 saturated heterocycles. The van der Waals surface area contributed by atoms with E-state index in [0.717, 1.165) is 5.56 Å². The monoisotopic (exact) mass is 380 g/mol. The number of aryl methyl sites for hydroxylation is 1.